The molecule has 16 heavy (non-hydrogen) atoms. The predicted octanol–water partition coefficient (Wildman–Crippen LogP) is 3.58. The second-order valence-electron chi connectivity index (χ2n) is 3.94. The molecule has 1 aromatic heterocycles. The molecule has 0 bridgehead atoms. The van der Waals surface area contributed by atoms with Crippen LogP contribution in [0, 0.1) is 0 Å². The molecule has 0 atom stereocenters. The molecule has 1 N–H and O–H groups in total. The normalized spacial score (nSPS) is 13.3. The number of nitrogens with zero attached hydrogens (tertiary/aromatic N) is 1. The van der Waals surface area contributed by atoms with Crippen molar-refractivity contribution in [3.8, 4) is 0 Å². The molecular formula is C13H11ClN2. The van der Waals surface area contributed by atoms with Crippen LogP contribution in [0.15, 0.2) is 36.5 Å². The number of nitrogens with one attached hydrogen (secondary N) is 1. The van der Waals surface area contributed by atoms with Gasteiger partial charge in [0.1, 0.15) is 5.82 Å². The number of aromatic nitrogens is 1. The van der Waals surface area contributed by atoms with Crippen molar-refractivity contribution in [2.75, 3.05) is 5.32 Å². The molecule has 1 aliphatic heterocycles. The first-order valence-corrected chi connectivity index (χ1v) is 5.70. The smallest absolute Gasteiger partial charge is 0.133 e. The van der Waals surface area contributed by atoms with Crippen LogP contribution in [0.2, 0.25) is 5.02 Å². The fraction of sp³-hybridized carbons (Fsp3) is 0.154. The summed E-state index contributed by atoms with van der Waals surface area (Å²) < 4.78 is 0. The third-order valence-electron chi connectivity index (χ3n) is 2.88. The molecule has 0 amide bonds. The standard InChI is InChI=1S/C13H11ClN2/c14-11-6-5-9-3-4-10-2-1-7-15-13(10)16-12(9)8-11/h1-2,5-8H,3-4H2,(H,15,16). The maximum Gasteiger partial charge on any atom is 0.133 e. The second kappa shape index (κ2) is 3.80. The zero-order chi connectivity index (χ0) is 11.0. The van der Waals surface area contributed by atoms with Crippen molar-refractivity contribution in [1.29, 1.82) is 0 Å². The minimum Gasteiger partial charge on any atom is -0.340 e. The molecule has 0 radical (unpaired) electrons. The summed E-state index contributed by atoms with van der Waals surface area (Å²) in [6, 6.07) is 10.1. The van der Waals surface area contributed by atoms with Gasteiger partial charge < -0.3 is 5.32 Å². The van der Waals surface area contributed by atoms with Gasteiger partial charge in [0.25, 0.3) is 0 Å². The number of hydrogen-bond acceptors (Lipinski definition) is 2. The van der Waals surface area contributed by atoms with Crippen molar-refractivity contribution in [2.24, 2.45) is 0 Å². The van der Waals surface area contributed by atoms with Gasteiger partial charge in [-0.2, -0.15) is 0 Å². The van der Waals surface area contributed by atoms with Crippen molar-refractivity contribution in [1.82, 2.24) is 4.98 Å². The highest BCUT2D eigenvalue weighted by molar-refractivity contribution is 6.30. The van der Waals surface area contributed by atoms with Crippen molar-refractivity contribution in [3.05, 3.63) is 52.7 Å². The molecule has 1 aliphatic rings. The lowest BCUT2D eigenvalue weighted by Crippen LogP contribution is -1.95. The maximum atomic E-state index is 6.00. The first-order chi connectivity index (χ1) is 7.83. The van der Waals surface area contributed by atoms with Crippen molar-refractivity contribution >= 4 is 23.1 Å². The maximum absolute atomic E-state index is 6.00. The summed E-state index contributed by atoms with van der Waals surface area (Å²) in [6.07, 6.45) is 3.85. The fourth-order valence-corrected chi connectivity index (χ4v) is 2.20. The fourth-order valence-electron chi connectivity index (χ4n) is 2.03. The number of benzene rings is 1. The Hall–Kier alpha value is -1.54. The van der Waals surface area contributed by atoms with Crippen LogP contribution in [-0.2, 0) is 12.8 Å². The number of hydrogen-bond donors (Lipinski definition) is 1. The van der Waals surface area contributed by atoms with E-state index in [9.17, 15) is 0 Å². The van der Waals surface area contributed by atoms with Crippen LogP contribution in [0.3, 0.4) is 0 Å². The van der Waals surface area contributed by atoms with E-state index < -0.39 is 0 Å². The molecule has 0 spiro atoms. The quantitative estimate of drug-likeness (QED) is 0.748. The summed E-state index contributed by atoms with van der Waals surface area (Å²) in [7, 11) is 0. The van der Waals surface area contributed by atoms with Gasteiger partial charge in [0.15, 0.2) is 0 Å². The Morgan fingerprint density at radius 2 is 2.00 bits per heavy atom. The second-order valence-corrected chi connectivity index (χ2v) is 4.37. The van der Waals surface area contributed by atoms with Crippen molar-refractivity contribution in [2.45, 2.75) is 12.8 Å². The number of halogens is 1. The van der Waals surface area contributed by atoms with E-state index in [2.05, 4.69) is 22.4 Å². The molecule has 1 aromatic carbocycles. The lowest BCUT2D eigenvalue weighted by atomic mass is 10.1. The van der Waals surface area contributed by atoms with Gasteiger partial charge in [0.2, 0.25) is 0 Å². The molecule has 0 fully saturated rings. The van der Waals surface area contributed by atoms with Crippen LogP contribution in [0.4, 0.5) is 11.5 Å². The Morgan fingerprint density at radius 3 is 2.94 bits per heavy atom. The molecule has 0 saturated heterocycles. The Morgan fingerprint density at radius 1 is 1.12 bits per heavy atom. The van der Waals surface area contributed by atoms with E-state index in [0.717, 1.165) is 29.4 Å². The van der Waals surface area contributed by atoms with E-state index in [1.807, 2.05) is 18.2 Å². The van der Waals surface area contributed by atoms with Gasteiger partial charge in [0, 0.05) is 16.9 Å². The van der Waals surface area contributed by atoms with E-state index >= 15 is 0 Å². The number of fused-ring (bicyclic) bond motifs is 2. The zero-order valence-electron chi connectivity index (χ0n) is 8.70. The Balaban J connectivity index is 2.10. The molecule has 0 unspecified atom stereocenters. The van der Waals surface area contributed by atoms with Gasteiger partial charge in [-0.25, -0.2) is 4.98 Å². The van der Waals surface area contributed by atoms with Crippen LogP contribution in [0.1, 0.15) is 11.1 Å². The van der Waals surface area contributed by atoms with Gasteiger partial charge in [-0.05, 0) is 42.2 Å². The third kappa shape index (κ3) is 1.65. The molecule has 0 saturated carbocycles. The largest absolute Gasteiger partial charge is 0.340 e. The average Bonchev–Trinajstić information content (AvgIpc) is 2.47. The number of anilines is 2. The van der Waals surface area contributed by atoms with Gasteiger partial charge in [-0.1, -0.05) is 23.7 Å². The van der Waals surface area contributed by atoms with Crippen molar-refractivity contribution < 1.29 is 0 Å². The van der Waals surface area contributed by atoms with E-state index in [1.54, 1.807) is 6.20 Å². The molecule has 2 aromatic rings. The molecule has 2 heterocycles. The Labute approximate surface area is 99.3 Å². The SMILES string of the molecule is Clc1ccc2c(c1)Nc1ncccc1CC2. The van der Waals surface area contributed by atoms with Gasteiger partial charge in [-0.15, -0.1) is 0 Å². The van der Waals surface area contributed by atoms with Crippen LogP contribution in [-0.4, -0.2) is 4.98 Å². The lowest BCUT2D eigenvalue weighted by Gasteiger charge is -2.08. The van der Waals surface area contributed by atoms with E-state index in [1.165, 1.54) is 11.1 Å². The lowest BCUT2D eigenvalue weighted by molar-refractivity contribution is 0.971. The van der Waals surface area contributed by atoms with Crippen LogP contribution >= 0.6 is 11.6 Å². The molecule has 3 heteroatoms. The summed E-state index contributed by atoms with van der Waals surface area (Å²) in [4.78, 5) is 4.35. The summed E-state index contributed by atoms with van der Waals surface area (Å²) in [5, 5.41) is 4.10. The van der Waals surface area contributed by atoms with Crippen LogP contribution < -0.4 is 5.32 Å². The van der Waals surface area contributed by atoms with Crippen LogP contribution in [0.5, 0.6) is 0 Å². The monoisotopic (exact) mass is 230 g/mol. The van der Waals surface area contributed by atoms with E-state index in [0.29, 0.717) is 0 Å². The van der Waals surface area contributed by atoms with Crippen LogP contribution in [0.25, 0.3) is 0 Å². The predicted molar refractivity (Wildman–Crippen MR) is 66.4 cm³/mol. The van der Waals surface area contributed by atoms with Gasteiger partial charge >= 0.3 is 0 Å². The Bertz CT molecular complexity index is 537. The minimum atomic E-state index is 0.755. The average molecular weight is 231 g/mol. The summed E-state index contributed by atoms with van der Waals surface area (Å²) >= 11 is 6.00. The highest BCUT2D eigenvalue weighted by Crippen LogP contribution is 2.30. The van der Waals surface area contributed by atoms with E-state index in [4.69, 9.17) is 11.6 Å². The number of aryl methyl sites for hydroxylation is 2. The van der Waals surface area contributed by atoms with Gasteiger partial charge in [-0.3, -0.25) is 0 Å². The Kier molecular flexibility index (Phi) is 2.29. The molecule has 80 valence electrons. The summed E-state index contributed by atoms with van der Waals surface area (Å²) in [5.41, 5.74) is 3.63. The molecule has 0 aliphatic carbocycles. The van der Waals surface area contributed by atoms with E-state index in [-0.39, 0.29) is 0 Å². The minimum absolute atomic E-state index is 0.755. The summed E-state index contributed by atoms with van der Waals surface area (Å²) in [6.45, 7) is 0. The zero-order valence-corrected chi connectivity index (χ0v) is 9.46. The third-order valence-corrected chi connectivity index (χ3v) is 3.12. The summed E-state index contributed by atoms with van der Waals surface area (Å²) in [5.74, 6) is 0.948. The highest BCUT2D eigenvalue weighted by atomic mass is 35.5. The first-order valence-electron chi connectivity index (χ1n) is 5.32. The van der Waals surface area contributed by atoms with Crippen molar-refractivity contribution in [3.63, 3.8) is 0 Å². The topological polar surface area (TPSA) is 24.9 Å². The van der Waals surface area contributed by atoms with Gasteiger partial charge in [0.05, 0.1) is 0 Å². The highest BCUT2D eigenvalue weighted by Gasteiger charge is 2.12. The number of pyridine rings is 1. The molecule has 2 nitrogen and oxygen atoms in total. The number of rotatable bonds is 0. The molecular weight excluding hydrogens is 220 g/mol. The first kappa shape index (κ1) is 9.67. The molecule has 3 rings (SSSR count).